The maximum Gasteiger partial charge on any atom is 0.408 e. The number of carbonyl (C=O) groups is 2. The number of ether oxygens (including phenoxy) is 1. The van der Waals surface area contributed by atoms with Crippen LogP contribution < -0.4 is 29.3 Å². The standard InChI is InChI=1S/C26H45N3O4.HI/c1-8-9-10-14-18-23(27-25(31)33-26(2,3)4)24(30)28(19-15-20-29(5,6)7)32-21-22-16-12-11-13-17-22;/h11-13,16-17,23H,8-10,14-15,18-21H2,1-7H3;1H. The van der Waals surface area contributed by atoms with Crippen LogP contribution in [0.15, 0.2) is 30.3 Å². The average Bonchev–Trinajstić information content (AvgIpc) is 2.71. The molecular formula is C26H46IN3O4. The van der Waals surface area contributed by atoms with Crippen LogP contribution in [0.3, 0.4) is 0 Å². The van der Waals surface area contributed by atoms with E-state index in [-0.39, 0.29) is 29.9 Å². The summed E-state index contributed by atoms with van der Waals surface area (Å²) < 4.78 is 6.22. The van der Waals surface area contributed by atoms with Crippen molar-refractivity contribution in [2.24, 2.45) is 0 Å². The smallest absolute Gasteiger partial charge is 0.408 e. The van der Waals surface area contributed by atoms with E-state index in [4.69, 9.17) is 9.57 Å². The van der Waals surface area contributed by atoms with Gasteiger partial charge in [0.2, 0.25) is 0 Å². The number of carbonyl (C=O) groups excluding carboxylic acids is 2. The summed E-state index contributed by atoms with van der Waals surface area (Å²) in [5, 5.41) is 4.23. The van der Waals surface area contributed by atoms with Gasteiger partial charge in [0.25, 0.3) is 5.91 Å². The van der Waals surface area contributed by atoms with Crippen LogP contribution in [0, 0.1) is 0 Å². The Balaban J connectivity index is 0.0000109. The molecule has 0 bridgehead atoms. The molecule has 0 spiro atoms. The lowest BCUT2D eigenvalue weighted by Crippen LogP contribution is -3.00. The van der Waals surface area contributed by atoms with Crippen molar-refractivity contribution in [1.29, 1.82) is 0 Å². The molecule has 1 aromatic carbocycles. The summed E-state index contributed by atoms with van der Waals surface area (Å²) in [6.45, 7) is 9.24. The fourth-order valence-corrected chi connectivity index (χ4v) is 3.31. The molecule has 0 aromatic heterocycles. The van der Waals surface area contributed by atoms with Gasteiger partial charge in [-0.05, 0) is 32.8 Å². The molecule has 0 heterocycles. The zero-order valence-electron chi connectivity index (χ0n) is 22.2. The van der Waals surface area contributed by atoms with Crippen LogP contribution in [0.1, 0.15) is 71.8 Å². The van der Waals surface area contributed by atoms with E-state index in [9.17, 15) is 9.59 Å². The van der Waals surface area contributed by atoms with E-state index in [1.165, 1.54) is 5.06 Å². The first-order valence-electron chi connectivity index (χ1n) is 12.2. The molecule has 0 saturated carbocycles. The number of unbranched alkanes of at least 4 members (excludes halogenated alkanes) is 3. The fourth-order valence-electron chi connectivity index (χ4n) is 3.31. The van der Waals surface area contributed by atoms with Gasteiger partial charge in [0, 0.05) is 6.42 Å². The van der Waals surface area contributed by atoms with Gasteiger partial charge in [-0.1, -0.05) is 62.9 Å². The molecule has 1 unspecified atom stereocenters. The van der Waals surface area contributed by atoms with E-state index in [0.29, 0.717) is 19.6 Å². The lowest BCUT2D eigenvalue weighted by atomic mass is 10.1. The zero-order chi connectivity index (χ0) is 24.9. The summed E-state index contributed by atoms with van der Waals surface area (Å²) >= 11 is 0. The summed E-state index contributed by atoms with van der Waals surface area (Å²) in [7, 11) is 6.37. The molecule has 1 rings (SSSR count). The number of hydrogen-bond acceptors (Lipinski definition) is 4. The van der Waals surface area contributed by atoms with Crippen molar-refractivity contribution in [3.8, 4) is 0 Å². The van der Waals surface area contributed by atoms with E-state index in [1.54, 1.807) is 0 Å². The number of benzene rings is 1. The molecule has 0 aliphatic rings. The Bertz CT molecular complexity index is 702. The Morgan fingerprint density at radius 2 is 1.68 bits per heavy atom. The van der Waals surface area contributed by atoms with Crippen LogP contribution in [-0.4, -0.2) is 67.4 Å². The highest BCUT2D eigenvalue weighted by Crippen LogP contribution is 2.13. The first kappa shape index (κ1) is 32.6. The second-order valence-corrected chi connectivity index (χ2v) is 10.6. The Kier molecular flexibility index (Phi) is 15.6. The third-order valence-corrected chi connectivity index (χ3v) is 5.00. The summed E-state index contributed by atoms with van der Waals surface area (Å²) in [6.07, 6.45) is 4.84. The minimum Gasteiger partial charge on any atom is -1.00 e. The number of alkyl carbamates (subject to hydrolysis) is 1. The molecule has 34 heavy (non-hydrogen) atoms. The molecule has 196 valence electrons. The van der Waals surface area contributed by atoms with Crippen LogP contribution in [-0.2, 0) is 21.0 Å². The molecule has 7 nitrogen and oxygen atoms in total. The van der Waals surface area contributed by atoms with Gasteiger partial charge in [-0.3, -0.25) is 9.63 Å². The number of hydroxylamine groups is 2. The summed E-state index contributed by atoms with van der Waals surface area (Å²) in [5.74, 6) is -0.227. The number of nitrogens with zero attached hydrogens (tertiary/aromatic N) is 2. The Labute approximate surface area is 224 Å². The van der Waals surface area contributed by atoms with Crippen molar-refractivity contribution in [1.82, 2.24) is 10.4 Å². The highest BCUT2D eigenvalue weighted by atomic mass is 127. The molecule has 8 heteroatoms. The number of halogens is 1. The molecule has 0 radical (unpaired) electrons. The first-order valence-corrected chi connectivity index (χ1v) is 12.2. The van der Waals surface area contributed by atoms with Crippen molar-refractivity contribution in [2.45, 2.75) is 84.5 Å². The number of quaternary nitrogens is 1. The first-order chi connectivity index (χ1) is 15.4. The van der Waals surface area contributed by atoms with Crippen molar-refractivity contribution >= 4 is 12.0 Å². The van der Waals surface area contributed by atoms with Crippen molar-refractivity contribution in [3.63, 3.8) is 0 Å². The second kappa shape index (κ2) is 16.3. The highest BCUT2D eigenvalue weighted by Gasteiger charge is 2.29. The lowest BCUT2D eigenvalue weighted by molar-refractivity contribution is -0.870. The van der Waals surface area contributed by atoms with Crippen LogP contribution in [0.5, 0.6) is 0 Å². The molecule has 1 atom stereocenters. The van der Waals surface area contributed by atoms with Crippen molar-refractivity contribution in [2.75, 3.05) is 34.2 Å². The molecule has 1 N–H and O–H groups in total. The number of amides is 2. The number of hydrogen-bond donors (Lipinski definition) is 1. The highest BCUT2D eigenvalue weighted by molar-refractivity contribution is 5.85. The predicted octanol–water partition coefficient (Wildman–Crippen LogP) is 1.91. The maximum absolute atomic E-state index is 13.5. The topological polar surface area (TPSA) is 67.9 Å². The molecular weight excluding hydrogens is 545 g/mol. The lowest BCUT2D eigenvalue weighted by Gasteiger charge is -2.30. The van der Waals surface area contributed by atoms with Gasteiger partial charge in [-0.15, -0.1) is 0 Å². The maximum atomic E-state index is 13.5. The Morgan fingerprint density at radius 1 is 1.03 bits per heavy atom. The molecule has 0 aliphatic heterocycles. The van der Waals surface area contributed by atoms with E-state index < -0.39 is 17.7 Å². The fraction of sp³-hybridized carbons (Fsp3) is 0.692. The third kappa shape index (κ3) is 15.5. The summed E-state index contributed by atoms with van der Waals surface area (Å²) in [4.78, 5) is 32.0. The molecule has 1 aromatic rings. The van der Waals surface area contributed by atoms with E-state index in [0.717, 1.165) is 48.7 Å². The van der Waals surface area contributed by atoms with Crippen LogP contribution >= 0.6 is 0 Å². The van der Waals surface area contributed by atoms with Gasteiger partial charge in [0.15, 0.2) is 0 Å². The van der Waals surface area contributed by atoms with Crippen molar-refractivity contribution < 1.29 is 47.6 Å². The largest absolute Gasteiger partial charge is 1.00 e. The van der Waals surface area contributed by atoms with Gasteiger partial charge in [-0.2, -0.15) is 0 Å². The Morgan fingerprint density at radius 3 is 2.24 bits per heavy atom. The molecule has 0 saturated heterocycles. The predicted molar refractivity (Wildman–Crippen MR) is 132 cm³/mol. The zero-order valence-corrected chi connectivity index (χ0v) is 24.4. The third-order valence-electron chi connectivity index (χ3n) is 5.00. The van der Waals surface area contributed by atoms with Gasteiger partial charge in [0.1, 0.15) is 18.2 Å². The summed E-state index contributed by atoms with van der Waals surface area (Å²) in [6, 6.07) is 9.10. The number of nitrogens with one attached hydrogen (secondary N) is 1. The molecule has 0 aliphatic carbocycles. The van der Waals surface area contributed by atoms with Crippen molar-refractivity contribution in [3.05, 3.63) is 35.9 Å². The SMILES string of the molecule is CCCCCCC(NC(=O)OC(C)(C)C)C(=O)N(CCC[N+](C)(C)C)OCc1ccccc1.[I-]. The van der Waals surface area contributed by atoms with Gasteiger partial charge < -0.3 is 38.5 Å². The normalized spacial score (nSPS) is 12.4. The van der Waals surface area contributed by atoms with Gasteiger partial charge >= 0.3 is 6.09 Å². The van der Waals surface area contributed by atoms with E-state index in [1.807, 2.05) is 51.1 Å². The van der Waals surface area contributed by atoms with E-state index in [2.05, 4.69) is 33.4 Å². The van der Waals surface area contributed by atoms with Crippen LogP contribution in [0.2, 0.25) is 0 Å². The monoisotopic (exact) mass is 591 g/mol. The minimum absolute atomic E-state index is 0. The Hall–Kier alpha value is -1.39. The van der Waals surface area contributed by atoms with Gasteiger partial charge in [0.05, 0.1) is 34.2 Å². The second-order valence-electron chi connectivity index (χ2n) is 10.6. The quantitative estimate of drug-likeness (QED) is 0.156. The minimum atomic E-state index is -0.684. The van der Waals surface area contributed by atoms with Crippen LogP contribution in [0.25, 0.3) is 0 Å². The molecule has 2 amide bonds. The number of rotatable bonds is 14. The van der Waals surface area contributed by atoms with Gasteiger partial charge in [-0.25, -0.2) is 9.86 Å². The average molecular weight is 592 g/mol. The summed E-state index contributed by atoms with van der Waals surface area (Å²) in [5.41, 5.74) is 0.357. The van der Waals surface area contributed by atoms with Crippen LogP contribution in [0.4, 0.5) is 4.79 Å². The van der Waals surface area contributed by atoms with E-state index >= 15 is 0 Å². The molecule has 0 fully saturated rings.